The molecule has 0 spiro atoms. The first-order chi connectivity index (χ1) is 5.74. The molecule has 0 aliphatic carbocycles. The highest BCUT2D eigenvalue weighted by molar-refractivity contribution is 7.07. The molecule has 1 aromatic rings. The number of aromatic nitrogens is 1. The average molecular weight is 186 g/mol. The maximum absolute atomic E-state index is 11.0. The van der Waals surface area contributed by atoms with Crippen molar-refractivity contribution in [2.24, 2.45) is 0 Å². The van der Waals surface area contributed by atoms with Gasteiger partial charge in [-0.25, -0.2) is 4.79 Å². The Morgan fingerprint density at radius 3 is 3.00 bits per heavy atom. The summed E-state index contributed by atoms with van der Waals surface area (Å²) in [5.41, 5.74) is 0.110. The van der Waals surface area contributed by atoms with Crippen LogP contribution >= 0.6 is 11.5 Å². The second-order valence-electron chi connectivity index (χ2n) is 2.17. The molecular weight excluding hydrogens is 178 g/mol. The van der Waals surface area contributed by atoms with Crippen LogP contribution in [0.4, 0.5) is 0 Å². The van der Waals surface area contributed by atoms with Crippen LogP contribution in [0.1, 0.15) is 23.8 Å². The van der Waals surface area contributed by atoms with Gasteiger partial charge in [0.15, 0.2) is 5.69 Å². The highest BCUT2D eigenvalue weighted by Crippen LogP contribution is 2.17. The molecule has 0 aliphatic heterocycles. The summed E-state index contributed by atoms with van der Waals surface area (Å²) in [7, 11) is 0. The average Bonchev–Trinajstić information content (AvgIpc) is 2.47. The molecule has 1 radical (unpaired) electrons. The van der Waals surface area contributed by atoms with Crippen molar-refractivity contribution in [1.82, 2.24) is 4.37 Å². The minimum atomic E-state index is -0.518. The van der Waals surface area contributed by atoms with Gasteiger partial charge in [0.25, 0.3) is 5.06 Å². The quantitative estimate of drug-likeness (QED) is 0.677. The number of hydrogen-bond acceptors (Lipinski definition) is 4. The van der Waals surface area contributed by atoms with Crippen LogP contribution in [-0.4, -0.2) is 16.9 Å². The predicted molar refractivity (Wildman–Crippen MR) is 42.8 cm³/mol. The molecule has 0 unspecified atom stereocenters. The van der Waals surface area contributed by atoms with E-state index in [0.29, 0.717) is 6.61 Å². The standard InChI is InChI=1S/C7H8NO3S/c1-2-3-11-7(10)5-4-6(9)12-8-5/h4H,2-3H2,1H3. The molecule has 0 atom stereocenters. The monoisotopic (exact) mass is 186 g/mol. The molecule has 0 aromatic carbocycles. The van der Waals surface area contributed by atoms with Gasteiger partial charge in [0, 0.05) is 17.6 Å². The van der Waals surface area contributed by atoms with E-state index in [1.165, 1.54) is 6.07 Å². The minimum absolute atomic E-state index is 0.110. The molecule has 4 nitrogen and oxygen atoms in total. The van der Waals surface area contributed by atoms with Crippen molar-refractivity contribution in [2.75, 3.05) is 6.61 Å². The number of esters is 1. The van der Waals surface area contributed by atoms with Crippen LogP contribution in [0.3, 0.4) is 0 Å². The van der Waals surface area contributed by atoms with Crippen molar-refractivity contribution in [3.63, 3.8) is 0 Å². The summed E-state index contributed by atoms with van der Waals surface area (Å²) < 4.78 is 8.38. The lowest BCUT2D eigenvalue weighted by atomic mass is 10.4. The zero-order valence-electron chi connectivity index (χ0n) is 6.57. The van der Waals surface area contributed by atoms with Crippen LogP contribution in [-0.2, 0) is 9.84 Å². The van der Waals surface area contributed by atoms with Crippen molar-refractivity contribution >= 4 is 17.5 Å². The summed E-state index contributed by atoms with van der Waals surface area (Å²) in [4.78, 5) is 11.0. The van der Waals surface area contributed by atoms with E-state index >= 15 is 0 Å². The Morgan fingerprint density at radius 1 is 1.75 bits per heavy atom. The molecule has 0 N–H and O–H groups in total. The highest BCUT2D eigenvalue weighted by Gasteiger charge is 2.11. The summed E-state index contributed by atoms with van der Waals surface area (Å²) in [6.45, 7) is 2.26. The Labute approximate surface area is 74.0 Å². The Kier molecular flexibility index (Phi) is 3.04. The lowest BCUT2D eigenvalue weighted by molar-refractivity contribution is 0.0499. The Hall–Kier alpha value is -1.10. The molecule has 5 heteroatoms. The van der Waals surface area contributed by atoms with E-state index < -0.39 is 5.97 Å². The fourth-order valence-electron chi connectivity index (χ4n) is 0.623. The molecule has 65 valence electrons. The first-order valence-corrected chi connectivity index (χ1v) is 4.32. The first kappa shape index (κ1) is 8.99. The van der Waals surface area contributed by atoms with E-state index in [2.05, 4.69) is 4.37 Å². The third kappa shape index (κ3) is 2.20. The molecule has 1 aromatic heterocycles. The number of carbonyl (C=O) groups excluding carboxylic acids is 1. The second-order valence-corrected chi connectivity index (χ2v) is 2.93. The predicted octanol–water partition coefficient (Wildman–Crippen LogP) is 1.85. The van der Waals surface area contributed by atoms with Gasteiger partial charge in [-0.3, -0.25) is 5.11 Å². The zero-order valence-corrected chi connectivity index (χ0v) is 7.39. The molecule has 0 saturated carbocycles. The molecule has 12 heavy (non-hydrogen) atoms. The van der Waals surface area contributed by atoms with Gasteiger partial charge in [-0.05, 0) is 6.42 Å². The lowest BCUT2D eigenvalue weighted by Gasteiger charge is -1.97. The van der Waals surface area contributed by atoms with E-state index in [1.807, 2.05) is 6.92 Å². The molecule has 0 bridgehead atoms. The summed E-state index contributed by atoms with van der Waals surface area (Å²) in [6.07, 6.45) is 0.764. The van der Waals surface area contributed by atoms with Crippen molar-refractivity contribution in [3.05, 3.63) is 11.8 Å². The third-order valence-corrected chi connectivity index (χ3v) is 1.72. The molecule has 0 fully saturated rings. The molecule has 1 heterocycles. The number of nitrogens with zero attached hydrogens (tertiary/aromatic N) is 1. The van der Waals surface area contributed by atoms with Gasteiger partial charge in [0.2, 0.25) is 0 Å². The fourth-order valence-corrected chi connectivity index (χ4v) is 1.10. The van der Waals surface area contributed by atoms with Gasteiger partial charge in [0.05, 0.1) is 6.61 Å². The van der Waals surface area contributed by atoms with Crippen LogP contribution in [0.25, 0.3) is 0 Å². The Balaban J connectivity index is 2.53. The van der Waals surface area contributed by atoms with E-state index in [9.17, 15) is 9.90 Å². The van der Waals surface area contributed by atoms with Crippen LogP contribution < -0.4 is 0 Å². The first-order valence-electron chi connectivity index (χ1n) is 3.55. The smallest absolute Gasteiger partial charge is 0.358 e. The Bertz CT molecular complexity index is 271. The largest absolute Gasteiger partial charge is 0.461 e. The normalized spacial score (nSPS) is 9.75. The maximum atomic E-state index is 11.0. The molecule has 0 aliphatic rings. The van der Waals surface area contributed by atoms with Gasteiger partial charge >= 0.3 is 5.97 Å². The maximum Gasteiger partial charge on any atom is 0.358 e. The minimum Gasteiger partial charge on any atom is -0.461 e. The van der Waals surface area contributed by atoms with Crippen molar-refractivity contribution in [2.45, 2.75) is 13.3 Å². The van der Waals surface area contributed by atoms with Gasteiger partial charge in [-0.15, -0.1) is 0 Å². The van der Waals surface area contributed by atoms with E-state index in [0.717, 1.165) is 18.0 Å². The second kappa shape index (κ2) is 4.06. The summed E-state index contributed by atoms with van der Waals surface area (Å²) in [5, 5.41) is 10.4. The number of ether oxygens (including phenoxy) is 1. The van der Waals surface area contributed by atoms with Crippen molar-refractivity contribution in [1.29, 1.82) is 0 Å². The molecular formula is C7H8NO3S. The summed E-state index contributed by atoms with van der Waals surface area (Å²) in [6, 6.07) is 1.18. The molecule has 0 amide bonds. The highest BCUT2D eigenvalue weighted by atomic mass is 32.1. The summed E-state index contributed by atoms with van der Waals surface area (Å²) in [5.74, 6) is -0.518. The van der Waals surface area contributed by atoms with Gasteiger partial charge in [-0.2, -0.15) is 4.37 Å². The fraction of sp³-hybridized carbons (Fsp3) is 0.429. The van der Waals surface area contributed by atoms with Crippen LogP contribution in [0, 0.1) is 0 Å². The third-order valence-electron chi connectivity index (χ3n) is 1.13. The molecule has 0 saturated heterocycles. The van der Waals surface area contributed by atoms with Gasteiger partial charge in [-0.1, -0.05) is 6.92 Å². The van der Waals surface area contributed by atoms with Gasteiger partial charge < -0.3 is 4.74 Å². The number of carbonyl (C=O) groups is 1. The van der Waals surface area contributed by atoms with Crippen LogP contribution in [0.15, 0.2) is 6.07 Å². The number of hydrogen-bond donors (Lipinski definition) is 0. The van der Waals surface area contributed by atoms with Crippen molar-refractivity contribution in [3.8, 4) is 5.06 Å². The summed E-state index contributed by atoms with van der Waals surface area (Å²) >= 11 is 0.760. The topological polar surface area (TPSA) is 59.1 Å². The number of rotatable bonds is 3. The lowest BCUT2D eigenvalue weighted by Crippen LogP contribution is -2.05. The zero-order chi connectivity index (χ0) is 8.97. The SMILES string of the molecule is CCCOC(=O)c1cc([O])sn1. The van der Waals surface area contributed by atoms with E-state index in [1.54, 1.807) is 0 Å². The van der Waals surface area contributed by atoms with Crippen molar-refractivity contribution < 1.29 is 14.6 Å². The van der Waals surface area contributed by atoms with E-state index in [4.69, 9.17) is 4.74 Å². The Morgan fingerprint density at radius 2 is 2.50 bits per heavy atom. The van der Waals surface area contributed by atoms with Gasteiger partial charge in [0.1, 0.15) is 0 Å². The van der Waals surface area contributed by atoms with Crippen LogP contribution in [0.2, 0.25) is 0 Å². The van der Waals surface area contributed by atoms with Crippen LogP contribution in [0.5, 0.6) is 5.06 Å². The molecule has 1 rings (SSSR count). The van der Waals surface area contributed by atoms with E-state index in [-0.39, 0.29) is 10.8 Å².